The lowest BCUT2D eigenvalue weighted by molar-refractivity contribution is 0.647. The van der Waals surface area contributed by atoms with Gasteiger partial charge in [-0.3, -0.25) is 0 Å². The number of nitrogen functional groups attached to an aromatic ring is 1. The van der Waals surface area contributed by atoms with Crippen molar-refractivity contribution in [3.8, 4) is 28.5 Å². The molecule has 1 aromatic heterocycles. The van der Waals surface area contributed by atoms with E-state index in [1.54, 1.807) is 0 Å². The number of nitrogens with two attached hydrogens (primary N) is 1. The molecular weight excluding hydrogens is 386 g/mol. The summed E-state index contributed by atoms with van der Waals surface area (Å²) in [6.45, 7) is 4.42. The van der Waals surface area contributed by atoms with Crippen LogP contribution in [0.2, 0.25) is 0 Å². The van der Waals surface area contributed by atoms with E-state index in [2.05, 4.69) is 65.1 Å². The fraction of sp³-hybridized carbons (Fsp3) is 0.182. The molecule has 4 heteroatoms. The summed E-state index contributed by atoms with van der Waals surface area (Å²) in [7, 11) is 0. The zero-order valence-corrected chi connectivity index (χ0v) is 16.4. The molecule has 26 heavy (non-hydrogen) atoms. The number of hydrogen-bond acceptors (Lipinski definition) is 3. The number of pyridine rings is 1. The summed E-state index contributed by atoms with van der Waals surface area (Å²) >= 11 is 3.56. The lowest BCUT2D eigenvalue weighted by Crippen LogP contribution is -2.00. The van der Waals surface area contributed by atoms with Crippen molar-refractivity contribution >= 4 is 21.7 Å². The molecule has 0 amide bonds. The van der Waals surface area contributed by atoms with E-state index in [0.29, 0.717) is 11.5 Å². The Hall–Kier alpha value is -2.64. The average molecular weight is 406 g/mol. The predicted octanol–water partition coefficient (Wildman–Crippen LogP) is 5.83. The molecule has 0 radical (unpaired) electrons. The van der Waals surface area contributed by atoms with E-state index in [9.17, 15) is 5.26 Å². The maximum atomic E-state index is 9.55. The van der Waals surface area contributed by atoms with E-state index in [0.717, 1.165) is 33.3 Å². The number of hydrogen-bond donors (Lipinski definition) is 1. The van der Waals surface area contributed by atoms with Crippen LogP contribution in [0.4, 0.5) is 5.82 Å². The number of rotatable bonds is 4. The molecule has 0 saturated heterocycles. The van der Waals surface area contributed by atoms with Crippen molar-refractivity contribution in [2.24, 2.45) is 5.92 Å². The van der Waals surface area contributed by atoms with Gasteiger partial charge >= 0.3 is 0 Å². The minimum absolute atomic E-state index is 0.252. The molecule has 3 rings (SSSR count). The topological polar surface area (TPSA) is 62.7 Å². The number of anilines is 1. The molecule has 2 aromatic carbocycles. The Morgan fingerprint density at radius 2 is 1.77 bits per heavy atom. The van der Waals surface area contributed by atoms with Crippen LogP contribution in [-0.2, 0) is 6.42 Å². The first-order valence-corrected chi connectivity index (χ1v) is 9.33. The molecule has 0 aliphatic carbocycles. The van der Waals surface area contributed by atoms with Crippen LogP contribution in [0.3, 0.4) is 0 Å². The first-order chi connectivity index (χ1) is 12.5. The minimum Gasteiger partial charge on any atom is -0.383 e. The van der Waals surface area contributed by atoms with Gasteiger partial charge in [0.2, 0.25) is 0 Å². The quantitative estimate of drug-likeness (QED) is 0.593. The zero-order valence-electron chi connectivity index (χ0n) is 14.8. The van der Waals surface area contributed by atoms with Gasteiger partial charge in [0, 0.05) is 15.6 Å². The summed E-state index contributed by atoms with van der Waals surface area (Å²) < 4.78 is 0.917. The van der Waals surface area contributed by atoms with E-state index >= 15 is 0 Å². The molecule has 3 nitrogen and oxygen atoms in total. The summed E-state index contributed by atoms with van der Waals surface area (Å²) in [4.78, 5) is 4.46. The second-order valence-electron chi connectivity index (χ2n) is 6.70. The maximum Gasteiger partial charge on any atom is 0.142 e. The van der Waals surface area contributed by atoms with Gasteiger partial charge in [-0.25, -0.2) is 4.98 Å². The van der Waals surface area contributed by atoms with Crippen LogP contribution in [0.15, 0.2) is 59.1 Å². The Labute approximate surface area is 162 Å². The van der Waals surface area contributed by atoms with Gasteiger partial charge in [0.1, 0.15) is 17.5 Å². The highest BCUT2D eigenvalue weighted by Gasteiger charge is 2.15. The van der Waals surface area contributed by atoms with Crippen LogP contribution in [0.5, 0.6) is 0 Å². The first-order valence-electron chi connectivity index (χ1n) is 8.54. The third-order valence-electron chi connectivity index (χ3n) is 4.22. The molecule has 2 N–H and O–H groups in total. The van der Waals surface area contributed by atoms with E-state index < -0.39 is 0 Å². The molecular formula is C22H20BrN3. The molecule has 0 saturated carbocycles. The number of halogens is 1. The van der Waals surface area contributed by atoms with Gasteiger partial charge in [-0.1, -0.05) is 72.2 Å². The maximum absolute atomic E-state index is 9.55. The van der Waals surface area contributed by atoms with Gasteiger partial charge < -0.3 is 5.73 Å². The summed E-state index contributed by atoms with van der Waals surface area (Å²) in [6.07, 6.45) is 1.05. The fourth-order valence-electron chi connectivity index (χ4n) is 3.01. The van der Waals surface area contributed by atoms with Gasteiger partial charge in [-0.15, -0.1) is 0 Å². The highest BCUT2D eigenvalue weighted by atomic mass is 79.9. The Kier molecular flexibility index (Phi) is 5.39. The monoisotopic (exact) mass is 405 g/mol. The molecule has 130 valence electrons. The SMILES string of the molecule is CC(C)Cc1ccc(-c2cc(-c3ccccc3Br)c(C#N)c(N)n2)cc1. The second kappa shape index (κ2) is 7.72. The number of nitrogens with zero attached hydrogens (tertiary/aromatic N) is 2. The lowest BCUT2D eigenvalue weighted by Gasteiger charge is -2.12. The third kappa shape index (κ3) is 3.79. The standard InChI is InChI=1S/C22H20BrN3/c1-14(2)11-15-7-9-16(10-8-15)21-12-18(19(13-24)22(25)26-21)17-5-3-4-6-20(17)23/h3-10,12,14H,11H2,1-2H3,(H2,25,26). The van der Waals surface area contributed by atoms with E-state index in [-0.39, 0.29) is 5.82 Å². The predicted molar refractivity (Wildman–Crippen MR) is 110 cm³/mol. The number of aromatic nitrogens is 1. The lowest BCUT2D eigenvalue weighted by atomic mass is 9.97. The summed E-state index contributed by atoms with van der Waals surface area (Å²) in [5, 5.41) is 9.55. The molecule has 0 spiro atoms. The first kappa shape index (κ1) is 18.2. The largest absolute Gasteiger partial charge is 0.383 e. The van der Waals surface area contributed by atoms with E-state index in [1.807, 2.05) is 30.3 Å². The van der Waals surface area contributed by atoms with Gasteiger partial charge in [-0.05, 0) is 35.6 Å². The summed E-state index contributed by atoms with van der Waals surface area (Å²) in [6, 6.07) is 20.3. The Morgan fingerprint density at radius 1 is 1.08 bits per heavy atom. The van der Waals surface area contributed by atoms with E-state index in [1.165, 1.54) is 5.56 Å². The molecule has 1 heterocycles. The van der Waals surface area contributed by atoms with Gasteiger partial charge in [-0.2, -0.15) is 5.26 Å². The molecule has 0 aliphatic heterocycles. The van der Waals surface area contributed by atoms with Crippen LogP contribution < -0.4 is 5.73 Å². The molecule has 0 unspecified atom stereocenters. The molecule has 0 atom stereocenters. The van der Waals surface area contributed by atoms with Crippen LogP contribution >= 0.6 is 15.9 Å². The van der Waals surface area contributed by atoms with Crippen molar-refractivity contribution in [3.63, 3.8) is 0 Å². The minimum atomic E-state index is 0.252. The highest BCUT2D eigenvalue weighted by molar-refractivity contribution is 9.10. The smallest absolute Gasteiger partial charge is 0.142 e. The van der Waals surface area contributed by atoms with Crippen molar-refractivity contribution in [2.75, 3.05) is 5.73 Å². The van der Waals surface area contributed by atoms with Crippen molar-refractivity contribution in [1.29, 1.82) is 5.26 Å². The van der Waals surface area contributed by atoms with E-state index in [4.69, 9.17) is 5.73 Å². The average Bonchev–Trinajstić information content (AvgIpc) is 2.61. The summed E-state index contributed by atoms with van der Waals surface area (Å²) in [5.74, 6) is 0.869. The van der Waals surface area contributed by atoms with Crippen molar-refractivity contribution in [1.82, 2.24) is 4.98 Å². The second-order valence-corrected chi connectivity index (χ2v) is 7.56. The van der Waals surface area contributed by atoms with Crippen molar-refractivity contribution in [2.45, 2.75) is 20.3 Å². The fourth-order valence-corrected chi connectivity index (χ4v) is 3.50. The third-order valence-corrected chi connectivity index (χ3v) is 4.91. The van der Waals surface area contributed by atoms with Gasteiger partial charge in [0.15, 0.2) is 0 Å². The highest BCUT2D eigenvalue weighted by Crippen LogP contribution is 2.35. The zero-order chi connectivity index (χ0) is 18.7. The molecule has 0 fully saturated rings. The molecule has 0 aliphatic rings. The van der Waals surface area contributed by atoms with Crippen molar-refractivity contribution < 1.29 is 0 Å². The van der Waals surface area contributed by atoms with Crippen LogP contribution in [0.1, 0.15) is 25.0 Å². The van der Waals surface area contributed by atoms with Crippen LogP contribution in [0.25, 0.3) is 22.4 Å². The molecule has 3 aromatic rings. The Bertz CT molecular complexity index is 970. The Morgan fingerprint density at radius 3 is 2.38 bits per heavy atom. The van der Waals surface area contributed by atoms with Gasteiger partial charge in [0.25, 0.3) is 0 Å². The normalized spacial score (nSPS) is 10.7. The van der Waals surface area contributed by atoms with Gasteiger partial charge in [0.05, 0.1) is 5.69 Å². The Balaban J connectivity index is 2.10. The number of nitriles is 1. The number of benzene rings is 2. The molecule has 0 bridgehead atoms. The van der Waals surface area contributed by atoms with Crippen LogP contribution in [0, 0.1) is 17.2 Å². The van der Waals surface area contributed by atoms with Crippen molar-refractivity contribution in [3.05, 3.63) is 70.2 Å². The van der Waals surface area contributed by atoms with Crippen LogP contribution in [-0.4, -0.2) is 4.98 Å². The summed E-state index contributed by atoms with van der Waals surface area (Å²) in [5.41, 5.74) is 11.3.